The topological polar surface area (TPSA) is 148 Å². The highest BCUT2D eigenvalue weighted by molar-refractivity contribution is 5.79. The summed E-state index contributed by atoms with van der Waals surface area (Å²) in [5, 5.41) is 64.7. The molecule has 4 fully saturated rings. The number of rotatable bonds is 3. The Hall–Kier alpha value is -0.870. The lowest BCUT2D eigenvalue weighted by atomic mass is 9.45. The molecule has 0 bridgehead atoms. The van der Waals surface area contributed by atoms with Gasteiger partial charge in [-0.2, -0.15) is 0 Å². The van der Waals surface area contributed by atoms with Gasteiger partial charge in [0.15, 0.2) is 0 Å². The summed E-state index contributed by atoms with van der Waals surface area (Å²) >= 11 is 0. The van der Waals surface area contributed by atoms with E-state index in [0.717, 1.165) is 24.8 Å². The molecule has 0 aromatic carbocycles. The number of hydrogen-bond donors (Lipinski definition) is 6. The van der Waals surface area contributed by atoms with Crippen LogP contribution in [-0.4, -0.2) is 85.3 Å². The smallest absolute Gasteiger partial charge is 0.145 e. The zero-order valence-electron chi connectivity index (χ0n) is 21.1. The van der Waals surface area contributed by atoms with Crippen LogP contribution in [0.2, 0.25) is 0 Å². The lowest BCUT2D eigenvalue weighted by molar-refractivity contribution is -0.300. The van der Waals surface area contributed by atoms with Crippen molar-refractivity contribution in [2.24, 2.45) is 34.5 Å². The molecular formula is C27H42O8. The van der Waals surface area contributed by atoms with E-state index >= 15 is 0 Å². The summed E-state index contributed by atoms with van der Waals surface area (Å²) in [4.78, 5) is 12.4. The SMILES string of the molecule is CC(=O)[C@H]1CC(O)[C@H]2[C@@H]3CC=C4CC(O)([C@@]5(O)CO[C@H](CO)[C@@H](O)[C@@H]5O)CC[C@]4(C)[C@H]3CC[C@]12C. The lowest BCUT2D eigenvalue weighted by Crippen LogP contribution is -2.73. The highest BCUT2D eigenvalue weighted by Gasteiger charge is 2.66. The van der Waals surface area contributed by atoms with Gasteiger partial charge in [0.1, 0.15) is 35.3 Å². The molecule has 4 aliphatic carbocycles. The second-order valence-electron chi connectivity index (χ2n) is 12.8. The Kier molecular flexibility index (Phi) is 6.12. The zero-order chi connectivity index (χ0) is 25.6. The summed E-state index contributed by atoms with van der Waals surface area (Å²) in [6, 6.07) is 0. The minimum absolute atomic E-state index is 0.0638. The highest BCUT2D eigenvalue weighted by Crippen LogP contribution is 2.67. The van der Waals surface area contributed by atoms with Crippen molar-refractivity contribution in [3.63, 3.8) is 0 Å². The molecule has 0 aromatic rings. The van der Waals surface area contributed by atoms with Gasteiger partial charge in [-0.3, -0.25) is 4.79 Å². The van der Waals surface area contributed by atoms with E-state index in [1.807, 2.05) is 0 Å². The van der Waals surface area contributed by atoms with Crippen molar-refractivity contribution in [1.82, 2.24) is 0 Å². The molecule has 0 radical (unpaired) electrons. The van der Waals surface area contributed by atoms with Gasteiger partial charge in [0.05, 0.1) is 19.3 Å². The summed E-state index contributed by atoms with van der Waals surface area (Å²) in [5.41, 5.74) is -3.10. The van der Waals surface area contributed by atoms with Gasteiger partial charge < -0.3 is 35.4 Å². The molecule has 8 heteroatoms. The molecule has 5 aliphatic rings. The molecule has 35 heavy (non-hydrogen) atoms. The first-order valence-electron chi connectivity index (χ1n) is 13.2. The number of allylic oxidation sites excluding steroid dienone is 1. The van der Waals surface area contributed by atoms with Crippen molar-refractivity contribution < 1.29 is 40.2 Å². The molecule has 2 unspecified atom stereocenters. The van der Waals surface area contributed by atoms with Crippen LogP contribution in [0.5, 0.6) is 0 Å². The fraction of sp³-hybridized carbons (Fsp3) is 0.889. The number of aliphatic hydroxyl groups excluding tert-OH is 4. The lowest BCUT2D eigenvalue weighted by Gasteiger charge is -2.61. The van der Waals surface area contributed by atoms with Crippen LogP contribution in [-0.2, 0) is 9.53 Å². The quantitative estimate of drug-likeness (QED) is 0.314. The molecule has 8 nitrogen and oxygen atoms in total. The fourth-order valence-corrected chi connectivity index (χ4v) is 9.19. The summed E-state index contributed by atoms with van der Waals surface area (Å²) < 4.78 is 5.45. The van der Waals surface area contributed by atoms with Crippen LogP contribution in [0.25, 0.3) is 0 Å². The van der Waals surface area contributed by atoms with Crippen molar-refractivity contribution in [1.29, 1.82) is 0 Å². The van der Waals surface area contributed by atoms with Gasteiger partial charge in [0.2, 0.25) is 0 Å². The van der Waals surface area contributed by atoms with Gasteiger partial charge in [-0.25, -0.2) is 0 Å². The van der Waals surface area contributed by atoms with E-state index in [1.165, 1.54) is 0 Å². The van der Waals surface area contributed by atoms with E-state index in [0.29, 0.717) is 18.8 Å². The third-order valence-electron chi connectivity index (χ3n) is 11.3. The van der Waals surface area contributed by atoms with Gasteiger partial charge in [0, 0.05) is 12.3 Å². The van der Waals surface area contributed by atoms with Crippen LogP contribution < -0.4 is 0 Å². The van der Waals surface area contributed by atoms with E-state index in [2.05, 4.69) is 19.9 Å². The first-order chi connectivity index (χ1) is 16.3. The maximum absolute atomic E-state index is 12.4. The zero-order valence-corrected chi connectivity index (χ0v) is 21.1. The van der Waals surface area contributed by atoms with E-state index in [9.17, 15) is 35.4 Å². The Morgan fingerprint density at radius 3 is 2.51 bits per heavy atom. The van der Waals surface area contributed by atoms with Crippen molar-refractivity contribution in [2.45, 2.75) is 101 Å². The van der Waals surface area contributed by atoms with Gasteiger partial charge in [-0.15, -0.1) is 0 Å². The Morgan fingerprint density at radius 1 is 1.14 bits per heavy atom. The Labute approximate surface area is 207 Å². The first-order valence-corrected chi connectivity index (χ1v) is 13.2. The molecule has 5 rings (SSSR count). The Morgan fingerprint density at radius 2 is 1.86 bits per heavy atom. The number of carbonyl (C=O) groups excluding carboxylic acids is 1. The van der Waals surface area contributed by atoms with Crippen molar-refractivity contribution in [3.8, 4) is 0 Å². The molecule has 12 atom stereocenters. The van der Waals surface area contributed by atoms with E-state index in [1.54, 1.807) is 6.92 Å². The molecule has 0 aromatic heterocycles. The summed E-state index contributed by atoms with van der Waals surface area (Å²) in [5.74, 6) is 0.688. The summed E-state index contributed by atoms with van der Waals surface area (Å²) in [6.45, 7) is 5.18. The van der Waals surface area contributed by atoms with E-state index in [-0.39, 0.29) is 53.8 Å². The average molecular weight is 495 g/mol. The van der Waals surface area contributed by atoms with E-state index in [4.69, 9.17) is 4.74 Å². The minimum Gasteiger partial charge on any atom is -0.394 e. The minimum atomic E-state index is -2.06. The Balaban J connectivity index is 1.43. The average Bonchev–Trinajstić information content (AvgIpc) is 3.09. The van der Waals surface area contributed by atoms with Crippen LogP contribution in [0.3, 0.4) is 0 Å². The molecule has 6 N–H and O–H groups in total. The molecular weight excluding hydrogens is 452 g/mol. The maximum atomic E-state index is 12.4. The maximum Gasteiger partial charge on any atom is 0.145 e. The number of fused-ring (bicyclic) bond motifs is 5. The van der Waals surface area contributed by atoms with Crippen molar-refractivity contribution >= 4 is 5.78 Å². The van der Waals surface area contributed by atoms with Crippen molar-refractivity contribution in [2.75, 3.05) is 13.2 Å². The summed E-state index contributed by atoms with van der Waals surface area (Å²) in [6.07, 6.45) is 1.63. The molecule has 0 spiro atoms. The second kappa shape index (κ2) is 8.32. The van der Waals surface area contributed by atoms with Crippen LogP contribution in [0.15, 0.2) is 11.6 Å². The third kappa shape index (κ3) is 3.40. The van der Waals surface area contributed by atoms with Crippen LogP contribution in [0.1, 0.15) is 65.7 Å². The largest absolute Gasteiger partial charge is 0.394 e. The molecule has 1 heterocycles. The van der Waals surface area contributed by atoms with E-state index < -0.39 is 42.2 Å². The molecule has 3 saturated carbocycles. The van der Waals surface area contributed by atoms with Crippen LogP contribution in [0.4, 0.5) is 0 Å². The number of hydrogen-bond acceptors (Lipinski definition) is 8. The Bertz CT molecular complexity index is 906. The molecule has 198 valence electrons. The molecule has 1 aliphatic heterocycles. The van der Waals surface area contributed by atoms with Gasteiger partial charge in [-0.1, -0.05) is 25.5 Å². The highest BCUT2D eigenvalue weighted by atomic mass is 16.5. The van der Waals surface area contributed by atoms with Crippen molar-refractivity contribution in [3.05, 3.63) is 11.6 Å². The van der Waals surface area contributed by atoms with Crippen LogP contribution in [0, 0.1) is 34.5 Å². The van der Waals surface area contributed by atoms with Gasteiger partial charge in [-0.05, 0) is 74.0 Å². The third-order valence-corrected chi connectivity index (χ3v) is 11.3. The predicted molar refractivity (Wildman–Crippen MR) is 126 cm³/mol. The second-order valence-corrected chi connectivity index (χ2v) is 12.8. The molecule has 1 saturated heterocycles. The summed E-state index contributed by atoms with van der Waals surface area (Å²) in [7, 11) is 0. The first kappa shape index (κ1) is 25.8. The fourth-order valence-electron chi connectivity index (χ4n) is 9.19. The predicted octanol–water partition coefficient (Wildman–Crippen LogP) is 0.700. The molecule has 0 amide bonds. The van der Waals surface area contributed by atoms with Gasteiger partial charge >= 0.3 is 0 Å². The number of ether oxygens (including phenoxy) is 1. The number of ketones is 1. The number of aliphatic hydroxyl groups is 6. The monoisotopic (exact) mass is 494 g/mol. The number of Topliss-reactive ketones (excluding diaryl/α,β-unsaturated/α-hetero) is 1. The normalized spacial score (nSPS) is 56.0. The standard InChI is InChI=1S/C27H42O8/c1-14(29)18-10-19(30)21-16-5-4-15-11-26(33,27(34)13-35-20(12-28)22(31)23(27)32)9-8-24(15,2)17(16)6-7-25(18,21)3/h4,16-23,28,30-34H,5-13H2,1-3H3/t16-,17+,18-,19?,20-,21-,22-,23+,24+,25-,26?,27-/m1/s1. The number of carbonyl (C=O) groups is 1. The van der Waals surface area contributed by atoms with Crippen LogP contribution >= 0.6 is 0 Å². The van der Waals surface area contributed by atoms with Gasteiger partial charge in [0.25, 0.3) is 0 Å².